The van der Waals surface area contributed by atoms with Crippen LogP contribution in [0.1, 0.15) is 44.6 Å². The van der Waals surface area contributed by atoms with E-state index in [2.05, 4.69) is 16.9 Å². The van der Waals surface area contributed by atoms with Crippen LogP contribution >= 0.6 is 11.6 Å². The highest BCUT2D eigenvalue weighted by Crippen LogP contribution is 2.24. The summed E-state index contributed by atoms with van der Waals surface area (Å²) in [5, 5.41) is 0.0714. The number of benzene rings is 1. The molecule has 0 saturated carbocycles. The quantitative estimate of drug-likeness (QED) is 0.464. The molecule has 0 aromatic heterocycles. The second kappa shape index (κ2) is 10.2. The number of sulfone groups is 1. The maximum absolute atomic E-state index is 13.1. The van der Waals surface area contributed by atoms with E-state index in [1.54, 1.807) is 24.7 Å². The molecule has 156 valence electrons. The third kappa shape index (κ3) is 6.03. The topological polar surface area (TPSA) is 68.1 Å². The average Bonchev–Trinajstić information content (AvgIpc) is 3.30. The zero-order chi connectivity index (χ0) is 20.7. The minimum Gasteiger partial charge on any atom is -0.476 e. The van der Waals surface area contributed by atoms with Crippen molar-refractivity contribution in [3.63, 3.8) is 0 Å². The Hall–Kier alpha value is -1.92. The molecule has 0 radical (unpaired) electrons. The van der Waals surface area contributed by atoms with Gasteiger partial charge in [0.1, 0.15) is 6.61 Å². The Balaban J connectivity index is 1.61. The molecule has 7 heteroatoms. The molecule has 5 nitrogen and oxygen atoms in total. The van der Waals surface area contributed by atoms with E-state index < -0.39 is 15.1 Å². The van der Waals surface area contributed by atoms with Gasteiger partial charge in [-0.2, -0.15) is 0 Å². The first-order chi connectivity index (χ1) is 14.0. The summed E-state index contributed by atoms with van der Waals surface area (Å²) in [6.45, 7) is 2.25. The number of halogens is 1. The van der Waals surface area contributed by atoms with Gasteiger partial charge in [-0.3, -0.25) is 4.99 Å². The second-order valence-electron chi connectivity index (χ2n) is 7.37. The van der Waals surface area contributed by atoms with Crippen LogP contribution in [0.4, 0.5) is 0 Å². The monoisotopic (exact) mass is 434 g/mol. The SMILES string of the molecule is CCCCCCC(COC1=NC=C2C=NC=C21)S(=O)(=O)CCc1cccc(Cl)c1. The van der Waals surface area contributed by atoms with Crippen LogP contribution in [0, 0.1) is 0 Å². The molecule has 0 spiro atoms. The molecule has 29 heavy (non-hydrogen) atoms. The smallest absolute Gasteiger partial charge is 0.223 e. The number of aryl methyl sites for hydroxylation is 1. The van der Waals surface area contributed by atoms with Crippen LogP contribution < -0.4 is 0 Å². The zero-order valence-corrected chi connectivity index (χ0v) is 18.3. The summed E-state index contributed by atoms with van der Waals surface area (Å²) in [7, 11) is -3.33. The summed E-state index contributed by atoms with van der Waals surface area (Å²) in [6, 6.07) is 7.35. The van der Waals surface area contributed by atoms with Gasteiger partial charge in [-0.15, -0.1) is 0 Å². The van der Waals surface area contributed by atoms with Gasteiger partial charge in [-0.1, -0.05) is 56.3 Å². The highest BCUT2D eigenvalue weighted by molar-refractivity contribution is 7.92. The molecular formula is C22H27ClN2O3S. The van der Waals surface area contributed by atoms with Gasteiger partial charge in [0.2, 0.25) is 5.90 Å². The number of hydrogen-bond acceptors (Lipinski definition) is 5. The predicted octanol–water partition coefficient (Wildman–Crippen LogP) is 4.92. The van der Waals surface area contributed by atoms with Gasteiger partial charge in [0.25, 0.3) is 0 Å². The fourth-order valence-electron chi connectivity index (χ4n) is 3.39. The van der Waals surface area contributed by atoms with Gasteiger partial charge >= 0.3 is 0 Å². The first-order valence-corrected chi connectivity index (χ1v) is 12.2. The van der Waals surface area contributed by atoms with E-state index in [0.717, 1.165) is 42.4 Å². The van der Waals surface area contributed by atoms with Gasteiger partial charge < -0.3 is 4.74 Å². The molecule has 3 rings (SSSR count). The van der Waals surface area contributed by atoms with Crippen molar-refractivity contribution in [2.45, 2.75) is 50.7 Å². The maximum atomic E-state index is 13.1. The van der Waals surface area contributed by atoms with Crippen LogP contribution in [0.5, 0.6) is 0 Å². The summed E-state index contributed by atoms with van der Waals surface area (Å²) in [6.07, 6.45) is 10.3. The van der Waals surface area contributed by atoms with Crippen LogP contribution in [0.25, 0.3) is 0 Å². The molecule has 1 aromatic carbocycles. The summed E-state index contributed by atoms with van der Waals surface area (Å²) in [4.78, 5) is 8.34. The largest absolute Gasteiger partial charge is 0.476 e. The van der Waals surface area contributed by atoms with Crippen LogP contribution in [-0.4, -0.2) is 38.1 Å². The Morgan fingerprint density at radius 2 is 2.03 bits per heavy atom. The van der Waals surface area contributed by atoms with Gasteiger partial charge in [-0.25, -0.2) is 13.4 Å². The van der Waals surface area contributed by atoms with Crippen LogP contribution in [0.15, 0.2) is 57.8 Å². The van der Waals surface area contributed by atoms with Crippen molar-refractivity contribution in [3.8, 4) is 0 Å². The lowest BCUT2D eigenvalue weighted by Gasteiger charge is -2.19. The van der Waals surface area contributed by atoms with Gasteiger partial charge in [0, 0.05) is 29.2 Å². The number of fused-ring (bicyclic) bond motifs is 1. The van der Waals surface area contributed by atoms with E-state index in [4.69, 9.17) is 16.3 Å². The summed E-state index contributed by atoms with van der Waals surface area (Å²) >= 11 is 6.02. The molecule has 0 amide bonds. The highest BCUT2D eigenvalue weighted by Gasteiger charge is 2.28. The van der Waals surface area contributed by atoms with E-state index >= 15 is 0 Å². The lowest BCUT2D eigenvalue weighted by Crippen LogP contribution is -2.31. The minimum atomic E-state index is -3.33. The predicted molar refractivity (Wildman–Crippen MR) is 120 cm³/mol. The number of hydrogen-bond donors (Lipinski definition) is 0. The Morgan fingerprint density at radius 3 is 2.83 bits per heavy atom. The van der Waals surface area contributed by atoms with Crippen LogP contribution in [0.3, 0.4) is 0 Å². The second-order valence-corrected chi connectivity index (χ2v) is 10.2. The third-order valence-electron chi connectivity index (χ3n) is 5.14. The third-order valence-corrected chi connectivity index (χ3v) is 7.53. The summed E-state index contributed by atoms with van der Waals surface area (Å²) in [5.74, 6) is 0.540. The number of nitrogens with zero attached hydrogens (tertiary/aromatic N) is 2. The van der Waals surface area contributed by atoms with E-state index in [0.29, 0.717) is 23.8 Å². The van der Waals surface area contributed by atoms with Gasteiger partial charge in [-0.05, 0) is 30.5 Å². The Kier molecular flexibility index (Phi) is 7.67. The average molecular weight is 435 g/mol. The molecule has 0 saturated heterocycles. The molecule has 1 unspecified atom stereocenters. The molecule has 2 aliphatic heterocycles. The molecule has 0 N–H and O–H groups in total. The van der Waals surface area contributed by atoms with Gasteiger partial charge in [0.15, 0.2) is 9.84 Å². The minimum absolute atomic E-state index is 0.0803. The lowest BCUT2D eigenvalue weighted by molar-refractivity contribution is 0.294. The van der Waals surface area contributed by atoms with Crippen molar-refractivity contribution in [1.29, 1.82) is 0 Å². The zero-order valence-electron chi connectivity index (χ0n) is 16.7. The fraction of sp³-hybridized carbons (Fsp3) is 0.455. The summed E-state index contributed by atoms with van der Waals surface area (Å²) < 4.78 is 32.0. The molecule has 2 aliphatic rings. The Morgan fingerprint density at radius 1 is 1.17 bits per heavy atom. The first kappa shape index (κ1) is 21.8. The number of rotatable bonds is 11. The van der Waals surface area contributed by atoms with Crippen molar-refractivity contribution >= 4 is 33.6 Å². The Labute approximate surface area is 178 Å². The number of aliphatic imine (C=N–C) groups is 2. The van der Waals surface area contributed by atoms with E-state index in [9.17, 15) is 8.42 Å². The maximum Gasteiger partial charge on any atom is 0.223 e. The van der Waals surface area contributed by atoms with E-state index in [1.807, 2.05) is 18.2 Å². The molecule has 0 bridgehead atoms. The number of ether oxygens (including phenoxy) is 1. The molecule has 2 heterocycles. The standard InChI is InChI=1S/C22H27ClN2O3S/c1-2-3-4-5-9-20(16-28-22-21-15-24-13-18(21)14-25-22)29(26,27)11-10-17-7-6-8-19(23)12-17/h6-8,12-15,20H,2-5,9-11,16H2,1H3. The highest BCUT2D eigenvalue weighted by atomic mass is 35.5. The lowest BCUT2D eigenvalue weighted by atomic mass is 10.1. The molecule has 1 aromatic rings. The van der Waals surface area contributed by atoms with Crippen molar-refractivity contribution in [3.05, 3.63) is 58.4 Å². The molecule has 0 aliphatic carbocycles. The fourth-order valence-corrected chi connectivity index (χ4v) is 5.25. The van der Waals surface area contributed by atoms with E-state index in [-0.39, 0.29) is 12.4 Å². The van der Waals surface area contributed by atoms with Crippen molar-refractivity contribution < 1.29 is 13.2 Å². The van der Waals surface area contributed by atoms with Crippen LogP contribution in [0.2, 0.25) is 5.02 Å². The number of unbranched alkanes of at least 4 members (excludes halogenated alkanes) is 3. The van der Waals surface area contributed by atoms with Crippen molar-refractivity contribution in [2.24, 2.45) is 9.98 Å². The van der Waals surface area contributed by atoms with Gasteiger partial charge in [0.05, 0.1) is 16.6 Å². The first-order valence-electron chi connectivity index (χ1n) is 10.1. The van der Waals surface area contributed by atoms with Crippen LogP contribution in [-0.2, 0) is 21.0 Å². The Bertz CT molecular complexity index is 949. The molecule has 0 fully saturated rings. The molecule has 1 atom stereocenters. The van der Waals surface area contributed by atoms with Crippen molar-refractivity contribution in [1.82, 2.24) is 0 Å². The molecular weight excluding hydrogens is 408 g/mol. The summed E-state index contributed by atoms with van der Waals surface area (Å²) in [5.41, 5.74) is 2.66. The van der Waals surface area contributed by atoms with E-state index in [1.165, 1.54) is 0 Å². The normalized spacial score (nSPS) is 16.3. The van der Waals surface area contributed by atoms with Crippen molar-refractivity contribution in [2.75, 3.05) is 12.4 Å².